The number of halogens is 1. The largest absolute Gasteiger partial charge is 0.397 e. The fourth-order valence-corrected chi connectivity index (χ4v) is 2.11. The van der Waals surface area contributed by atoms with E-state index in [2.05, 4.69) is 33.2 Å². The summed E-state index contributed by atoms with van der Waals surface area (Å²) in [7, 11) is 2.18. The summed E-state index contributed by atoms with van der Waals surface area (Å²) in [5, 5.41) is 3.37. The van der Waals surface area contributed by atoms with Gasteiger partial charge in [-0.2, -0.15) is 0 Å². The molecule has 0 saturated heterocycles. The van der Waals surface area contributed by atoms with Gasteiger partial charge in [-0.15, -0.1) is 0 Å². The third-order valence-electron chi connectivity index (χ3n) is 2.97. The maximum Gasteiger partial charge on any atom is 0.0585 e. The lowest BCUT2D eigenvalue weighted by Crippen LogP contribution is -2.27. The van der Waals surface area contributed by atoms with Gasteiger partial charge in [0, 0.05) is 23.6 Å². The van der Waals surface area contributed by atoms with E-state index in [-0.39, 0.29) is 0 Å². The molecule has 0 heterocycles. The predicted octanol–water partition coefficient (Wildman–Crippen LogP) is 2.54. The summed E-state index contributed by atoms with van der Waals surface area (Å²) in [5.74, 6) is 0. The molecule has 1 saturated carbocycles. The number of rotatable bonds is 5. The number of hydrogen-bond acceptors (Lipinski definition) is 3. The predicted molar refractivity (Wildman–Crippen MR) is 72.7 cm³/mol. The van der Waals surface area contributed by atoms with Gasteiger partial charge in [-0.05, 0) is 38.1 Å². The lowest BCUT2D eigenvalue weighted by Gasteiger charge is -2.17. The van der Waals surface area contributed by atoms with Crippen molar-refractivity contribution >= 4 is 27.3 Å². The Morgan fingerprint density at radius 1 is 1.50 bits per heavy atom. The molecule has 4 heteroatoms. The Morgan fingerprint density at radius 3 is 2.94 bits per heavy atom. The Hall–Kier alpha value is -0.740. The van der Waals surface area contributed by atoms with E-state index in [1.54, 1.807) is 0 Å². The Morgan fingerprint density at radius 2 is 2.25 bits per heavy atom. The van der Waals surface area contributed by atoms with E-state index >= 15 is 0 Å². The standard InChI is InChI=1S/C12H18BrN3/c1-16(10-3-4-10)7-6-15-12-8-9(13)2-5-11(12)14/h2,5,8,10,15H,3-4,6-7,14H2,1H3. The fourth-order valence-electron chi connectivity index (χ4n) is 1.75. The number of hydrogen-bond donors (Lipinski definition) is 2. The second kappa shape index (κ2) is 5.06. The van der Waals surface area contributed by atoms with Gasteiger partial charge in [0.25, 0.3) is 0 Å². The molecule has 0 unspecified atom stereocenters. The molecule has 88 valence electrons. The van der Waals surface area contributed by atoms with Gasteiger partial charge in [-0.3, -0.25) is 0 Å². The third-order valence-corrected chi connectivity index (χ3v) is 3.46. The Kier molecular flexibility index (Phi) is 3.71. The van der Waals surface area contributed by atoms with Crippen LogP contribution in [-0.4, -0.2) is 31.1 Å². The van der Waals surface area contributed by atoms with Crippen LogP contribution in [0.1, 0.15) is 12.8 Å². The van der Waals surface area contributed by atoms with Gasteiger partial charge in [0.2, 0.25) is 0 Å². The molecule has 0 aromatic heterocycles. The molecule has 2 rings (SSSR count). The Labute approximate surface area is 105 Å². The van der Waals surface area contributed by atoms with Crippen LogP contribution in [0, 0.1) is 0 Å². The van der Waals surface area contributed by atoms with Gasteiger partial charge in [0.1, 0.15) is 0 Å². The van der Waals surface area contributed by atoms with Gasteiger partial charge >= 0.3 is 0 Å². The number of benzene rings is 1. The molecule has 1 aliphatic rings. The Balaban J connectivity index is 1.81. The first kappa shape index (κ1) is 11.7. The van der Waals surface area contributed by atoms with Crippen LogP contribution in [0.15, 0.2) is 22.7 Å². The van der Waals surface area contributed by atoms with Crippen molar-refractivity contribution in [3.8, 4) is 0 Å². The van der Waals surface area contributed by atoms with Crippen LogP contribution >= 0.6 is 15.9 Å². The third kappa shape index (κ3) is 3.12. The molecule has 16 heavy (non-hydrogen) atoms. The summed E-state index contributed by atoms with van der Waals surface area (Å²) < 4.78 is 1.06. The van der Waals surface area contributed by atoms with E-state index in [0.29, 0.717) is 0 Å². The quantitative estimate of drug-likeness (QED) is 0.816. The fraction of sp³-hybridized carbons (Fsp3) is 0.500. The van der Waals surface area contributed by atoms with Crippen LogP contribution < -0.4 is 11.1 Å². The maximum atomic E-state index is 5.88. The first-order valence-electron chi connectivity index (χ1n) is 5.66. The SMILES string of the molecule is CN(CCNc1cc(Br)ccc1N)C1CC1. The molecule has 0 atom stereocenters. The van der Waals surface area contributed by atoms with Crippen molar-refractivity contribution in [3.63, 3.8) is 0 Å². The molecule has 3 N–H and O–H groups in total. The molecule has 0 aliphatic heterocycles. The van der Waals surface area contributed by atoms with Gasteiger partial charge in [0.05, 0.1) is 11.4 Å². The highest BCUT2D eigenvalue weighted by molar-refractivity contribution is 9.10. The number of nitrogens with zero attached hydrogens (tertiary/aromatic N) is 1. The summed E-state index contributed by atoms with van der Waals surface area (Å²) in [5.41, 5.74) is 7.70. The van der Waals surface area contributed by atoms with Crippen molar-refractivity contribution < 1.29 is 0 Å². The smallest absolute Gasteiger partial charge is 0.0585 e. The number of nitrogens with two attached hydrogens (primary N) is 1. The minimum atomic E-state index is 0.803. The highest BCUT2D eigenvalue weighted by atomic mass is 79.9. The number of nitrogen functional groups attached to an aromatic ring is 1. The Bertz CT molecular complexity index is 363. The molecule has 1 aliphatic carbocycles. The number of anilines is 2. The van der Waals surface area contributed by atoms with Crippen LogP contribution in [0.25, 0.3) is 0 Å². The summed E-state index contributed by atoms with van der Waals surface area (Å²) in [6, 6.07) is 6.71. The van der Waals surface area contributed by atoms with Crippen LogP contribution in [0.4, 0.5) is 11.4 Å². The molecule has 0 radical (unpaired) electrons. The van der Waals surface area contributed by atoms with Crippen molar-refractivity contribution in [2.45, 2.75) is 18.9 Å². The van der Waals surface area contributed by atoms with E-state index in [4.69, 9.17) is 5.73 Å². The van der Waals surface area contributed by atoms with Gasteiger partial charge in [-0.25, -0.2) is 0 Å². The van der Waals surface area contributed by atoms with Gasteiger partial charge in [-0.1, -0.05) is 15.9 Å². The van der Waals surface area contributed by atoms with Gasteiger partial charge in [0.15, 0.2) is 0 Å². The van der Waals surface area contributed by atoms with Crippen molar-refractivity contribution in [2.24, 2.45) is 0 Å². The van der Waals surface area contributed by atoms with Crippen LogP contribution in [0.5, 0.6) is 0 Å². The van der Waals surface area contributed by atoms with E-state index in [1.165, 1.54) is 12.8 Å². The normalized spacial score (nSPS) is 15.4. The number of nitrogens with one attached hydrogen (secondary N) is 1. The minimum Gasteiger partial charge on any atom is -0.397 e. The highest BCUT2D eigenvalue weighted by Crippen LogP contribution is 2.25. The summed E-state index contributed by atoms with van der Waals surface area (Å²) >= 11 is 3.44. The van der Waals surface area contributed by atoms with E-state index < -0.39 is 0 Å². The second-order valence-electron chi connectivity index (χ2n) is 4.37. The van der Waals surface area contributed by atoms with Crippen LogP contribution in [-0.2, 0) is 0 Å². The second-order valence-corrected chi connectivity index (χ2v) is 5.29. The monoisotopic (exact) mass is 283 g/mol. The molecule has 1 fully saturated rings. The number of likely N-dealkylation sites (N-methyl/N-ethyl adjacent to an activating group) is 1. The molecule has 3 nitrogen and oxygen atoms in total. The molecule has 1 aromatic carbocycles. The van der Waals surface area contributed by atoms with E-state index in [0.717, 1.165) is 35.0 Å². The molecular formula is C12H18BrN3. The zero-order valence-electron chi connectivity index (χ0n) is 9.54. The first-order chi connectivity index (χ1) is 7.66. The van der Waals surface area contributed by atoms with Crippen molar-refractivity contribution in [3.05, 3.63) is 22.7 Å². The first-order valence-corrected chi connectivity index (χ1v) is 6.45. The molecule has 0 amide bonds. The summed E-state index contributed by atoms with van der Waals surface area (Å²) in [4.78, 5) is 2.40. The van der Waals surface area contributed by atoms with Crippen LogP contribution in [0.3, 0.4) is 0 Å². The zero-order valence-corrected chi connectivity index (χ0v) is 11.1. The van der Waals surface area contributed by atoms with Crippen LogP contribution in [0.2, 0.25) is 0 Å². The van der Waals surface area contributed by atoms with Gasteiger partial charge < -0.3 is 16.0 Å². The maximum absolute atomic E-state index is 5.88. The van der Waals surface area contributed by atoms with Crippen molar-refractivity contribution in [2.75, 3.05) is 31.2 Å². The van der Waals surface area contributed by atoms with Crippen molar-refractivity contribution in [1.82, 2.24) is 4.90 Å². The van der Waals surface area contributed by atoms with E-state index in [9.17, 15) is 0 Å². The average molecular weight is 284 g/mol. The summed E-state index contributed by atoms with van der Waals surface area (Å²) in [6.45, 7) is 2.00. The molecular weight excluding hydrogens is 266 g/mol. The lowest BCUT2D eigenvalue weighted by atomic mass is 10.2. The average Bonchev–Trinajstić information content (AvgIpc) is 3.06. The molecule has 1 aromatic rings. The topological polar surface area (TPSA) is 41.3 Å². The highest BCUT2D eigenvalue weighted by Gasteiger charge is 2.25. The summed E-state index contributed by atoms with van der Waals surface area (Å²) in [6.07, 6.45) is 2.71. The van der Waals surface area contributed by atoms with E-state index in [1.807, 2.05) is 18.2 Å². The van der Waals surface area contributed by atoms with Crippen molar-refractivity contribution in [1.29, 1.82) is 0 Å². The molecule has 0 spiro atoms. The zero-order chi connectivity index (χ0) is 11.5. The molecule has 0 bridgehead atoms. The minimum absolute atomic E-state index is 0.803. The lowest BCUT2D eigenvalue weighted by molar-refractivity contribution is 0.337.